The largest absolute Gasteiger partial charge is 0.411 e. The first-order chi connectivity index (χ1) is 13.1. The van der Waals surface area contributed by atoms with Crippen LogP contribution in [0.15, 0.2) is 78.1 Å². The fourth-order valence-corrected chi connectivity index (χ4v) is 3.61. The van der Waals surface area contributed by atoms with E-state index < -0.39 is 0 Å². The third-order valence-electron chi connectivity index (χ3n) is 4.59. The summed E-state index contributed by atoms with van der Waals surface area (Å²) in [6, 6.07) is 22.7. The Hall–Kier alpha value is -2.41. The number of nitrogens with zero attached hydrogens (tertiary/aromatic N) is 3. The van der Waals surface area contributed by atoms with E-state index in [0.29, 0.717) is 12.1 Å². The second-order valence-electron chi connectivity index (χ2n) is 6.57. The maximum atomic E-state index is 9.69. The normalized spacial score (nSPS) is 12.6. The molecule has 0 saturated heterocycles. The van der Waals surface area contributed by atoms with Crippen LogP contribution in [-0.4, -0.2) is 30.0 Å². The van der Waals surface area contributed by atoms with Crippen molar-refractivity contribution in [2.75, 3.05) is 19.0 Å². The van der Waals surface area contributed by atoms with Gasteiger partial charge in [0.2, 0.25) is 0 Å². The maximum Gasteiger partial charge on any atom is 0.102 e. The summed E-state index contributed by atoms with van der Waals surface area (Å²) < 4.78 is 0.873. The van der Waals surface area contributed by atoms with E-state index >= 15 is 0 Å². The fourth-order valence-electron chi connectivity index (χ4n) is 3.11. The van der Waals surface area contributed by atoms with Gasteiger partial charge < -0.3 is 10.1 Å². The molecule has 2 aromatic carbocycles. The fraction of sp³-hybridized carbons (Fsp3) is 0.182. The highest BCUT2D eigenvalue weighted by Gasteiger charge is 2.19. The summed E-state index contributed by atoms with van der Waals surface area (Å²) in [4.78, 5) is 6.31. The zero-order valence-electron chi connectivity index (χ0n) is 15.4. The molecule has 1 aromatic heterocycles. The van der Waals surface area contributed by atoms with Crippen LogP contribution in [-0.2, 0) is 0 Å². The van der Waals surface area contributed by atoms with Crippen LogP contribution in [0.25, 0.3) is 0 Å². The molecule has 0 spiro atoms. The second kappa shape index (κ2) is 8.99. The minimum Gasteiger partial charge on any atom is -0.411 e. The lowest BCUT2D eigenvalue weighted by Gasteiger charge is -2.20. The van der Waals surface area contributed by atoms with Gasteiger partial charge in [-0.25, -0.2) is 0 Å². The quantitative estimate of drug-likeness (QED) is 0.178. The van der Waals surface area contributed by atoms with Crippen LogP contribution in [0.3, 0.4) is 0 Å². The summed E-state index contributed by atoms with van der Waals surface area (Å²) in [5.41, 5.74) is 5.09. The molecule has 0 fully saturated rings. The third kappa shape index (κ3) is 4.86. The molecule has 1 atom stereocenters. The number of halogens is 1. The molecule has 0 aliphatic carbocycles. The number of benzene rings is 2. The molecule has 0 aliphatic heterocycles. The van der Waals surface area contributed by atoms with E-state index in [1.807, 2.05) is 44.4 Å². The van der Waals surface area contributed by atoms with E-state index in [1.54, 1.807) is 6.20 Å². The summed E-state index contributed by atoms with van der Waals surface area (Å²) in [5.74, 6) is 0.0964. The lowest BCUT2D eigenvalue weighted by atomic mass is 9.85. The zero-order valence-corrected chi connectivity index (χ0v) is 17.5. The van der Waals surface area contributed by atoms with Gasteiger partial charge in [-0.3, -0.25) is 4.98 Å². The number of hydrogen-bond acceptors (Lipinski definition) is 4. The van der Waals surface area contributed by atoms with Gasteiger partial charge in [0.1, 0.15) is 3.70 Å². The van der Waals surface area contributed by atoms with Crippen LogP contribution in [0.5, 0.6) is 0 Å². The Balaban J connectivity index is 1.97. The SMILES string of the molecule is CN(C)c1ccc(C(CC(=NO)c2ccnc(I)c2)c2ccccc2)cc1. The number of aromatic nitrogens is 1. The first-order valence-electron chi connectivity index (χ1n) is 8.73. The molecule has 4 nitrogen and oxygen atoms in total. The van der Waals surface area contributed by atoms with Gasteiger partial charge in [-0.2, -0.15) is 0 Å². The smallest absolute Gasteiger partial charge is 0.102 e. The zero-order chi connectivity index (χ0) is 19.2. The Morgan fingerprint density at radius 1 is 1.04 bits per heavy atom. The lowest BCUT2D eigenvalue weighted by Crippen LogP contribution is -2.12. The van der Waals surface area contributed by atoms with Crippen LogP contribution in [0.2, 0.25) is 0 Å². The minimum atomic E-state index is 0.0964. The van der Waals surface area contributed by atoms with E-state index in [1.165, 1.54) is 11.1 Å². The molecule has 5 heteroatoms. The first kappa shape index (κ1) is 19.4. The van der Waals surface area contributed by atoms with Crippen molar-refractivity contribution in [3.8, 4) is 0 Å². The molecule has 3 aromatic rings. The van der Waals surface area contributed by atoms with Gasteiger partial charge in [0, 0.05) is 43.9 Å². The van der Waals surface area contributed by atoms with Crippen LogP contribution in [0, 0.1) is 3.70 Å². The molecule has 27 heavy (non-hydrogen) atoms. The first-order valence-corrected chi connectivity index (χ1v) is 9.81. The summed E-state index contributed by atoms with van der Waals surface area (Å²) >= 11 is 2.17. The molecule has 1 unspecified atom stereocenters. The van der Waals surface area contributed by atoms with Crippen LogP contribution in [0.4, 0.5) is 5.69 Å². The minimum absolute atomic E-state index is 0.0964. The highest BCUT2D eigenvalue weighted by Crippen LogP contribution is 2.31. The molecule has 0 amide bonds. The highest BCUT2D eigenvalue weighted by atomic mass is 127. The number of anilines is 1. The number of oxime groups is 1. The van der Waals surface area contributed by atoms with Crippen molar-refractivity contribution < 1.29 is 5.21 Å². The Bertz CT molecular complexity index is 908. The van der Waals surface area contributed by atoms with Crippen LogP contribution >= 0.6 is 22.6 Å². The van der Waals surface area contributed by atoms with Crippen molar-refractivity contribution in [2.24, 2.45) is 5.16 Å². The molecule has 1 heterocycles. The van der Waals surface area contributed by atoms with Gasteiger partial charge in [0.15, 0.2) is 0 Å². The van der Waals surface area contributed by atoms with E-state index in [0.717, 1.165) is 15.0 Å². The maximum absolute atomic E-state index is 9.69. The van der Waals surface area contributed by atoms with E-state index in [-0.39, 0.29) is 5.92 Å². The van der Waals surface area contributed by atoms with Gasteiger partial charge in [-0.15, -0.1) is 0 Å². The number of pyridine rings is 1. The molecular formula is C22H22IN3O. The summed E-state index contributed by atoms with van der Waals surface area (Å²) in [6.07, 6.45) is 2.34. The number of hydrogen-bond donors (Lipinski definition) is 1. The Morgan fingerprint density at radius 2 is 1.70 bits per heavy atom. The van der Waals surface area contributed by atoms with Gasteiger partial charge in [0.25, 0.3) is 0 Å². The highest BCUT2D eigenvalue weighted by molar-refractivity contribution is 14.1. The van der Waals surface area contributed by atoms with Crippen molar-refractivity contribution in [3.63, 3.8) is 0 Å². The monoisotopic (exact) mass is 471 g/mol. The Labute approximate surface area is 173 Å². The standard InChI is InChI=1S/C22H22IN3O/c1-26(2)19-10-8-17(9-11-19)20(16-6-4-3-5-7-16)15-21(25-27)18-12-13-24-22(23)14-18/h3-14,20,27H,15H2,1-2H3. The van der Waals surface area contributed by atoms with E-state index in [4.69, 9.17) is 0 Å². The van der Waals surface area contributed by atoms with E-state index in [2.05, 4.69) is 74.0 Å². The van der Waals surface area contributed by atoms with Crippen LogP contribution in [0.1, 0.15) is 29.0 Å². The molecule has 138 valence electrons. The van der Waals surface area contributed by atoms with Gasteiger partial charge >= 0.3 is 0 Å². The average molecular weight is 471 g/mol. The topological polar surface area (TPSA) is 48.7 Å². The predicted molar refractivity (Wildman–Crippen MR) is 119 cm³/mol. The molecule has 1 N–H and O–H groups in total. The van der Waals surface area contributed by atoms with Crippen molar-refractivity contribution in [3.05, 3.63) is 93.3 Å². The summed E-state index contributed by atoms with van der Waals surface area (Å²) in [6.45, 7) is 0. The number of rotatable bonds is 6. The molecular weight excluding hydrogens is 449 g/mol. The lowest BCUT2D eigenvalue weighted by molar-refractivity contribution is 0.317. The average Bonchev–Trinajstić information content (AvgIpc) is 2.69. The molecule has 0 saturated carbocycles. The van der Waals surface area contributed by atoms with Gasteiger partial charge in [0.05, 0.1) is 5.71 Å². The summed E-state index contributed by atoms with van der Waals surface area (Å²) in [7, 11) is 4.07. The Morgan fingerprint density at radius 3 is 2.30 bits per heavy atom. The van der Waals surface area contributed by atoms with Crippen molar-refractivity contribution in [2.45, 2.75) is 12.3 Å². The molecule has 3 rings (SSSR count). The van der Waals surface area contributed by atoms with Crippen molar-refractivity contribution >= 4 is 34.0 Å². The van der Waals surface area contributed by atoms with Crippen LogP contribution < -0.4 is 4.90 Å². The van der Waals surface area contributed by atoms with Gasteiger partial charge in [-0.05, 0) is 58.0 Å². The van der Waals surface area contributed by atoms with Gasteiger partial charge in [-0.1, -0.05) is 47.6 Å². The van der Waals surface area contributed by atoms with E-state index in [9.17, 15) is 5.21 Å². The van der Waals surface area contributed by atoms with Crippen molar-refractivity contribution in [1.82, 2.24) is 4.98 Å². The second-order valence-corrected chi connectivity index (χ2v) is 7.67. The molecule has 0 aliphatic rings. The molecule has 0 radical (unpaired) electrons. The predicted octanol–water partition coefficient (Wildman–Crippen LogP) is 5.15. The third-order valence-corrected chi connectivity index (χ3v) is 5.18. The molecule has 0 bridgehead atoms. The van der Waals surface area contributed by atoms with Crippen molar-refractivity contribution in [1.29, 1.82) is 0 Å². The summed E-state index contributed by atoms with van der Waals surface area (Å²) in [5, 5.41) is 13.3. The Kier molecular flexibility index (Phi) is 6.45.